The van der Waals surface area contributed by atoms with Crippen LogP contribution in [-0.2, 0) is 4.79 Å². The number of aryl methyl sites for hydroxylation is 2. The summed E-state index contributed by atoms with van der Waals surface area (Å²) in [7, 11) is 0. The molecule has 17 heavy (non-hydrogen) atoms. The van der Waals surface area contributed by atoms with E-state index in [0.29, 0.717) is 13.0 Å². The maximum absolute atomic E-state index is 11.9. The molecule has 0 unspecified atom stereocenters. The predicted octanol–water partition coefficient (Wildman–Crippen LogP) is 2.52. The number of amides is 1. The molecule has 1 atom stereocenters. The van der Waals surface area contributed by atoms with Gasteiger partial charge in [0.15, 0.2) is 0 Å². The molecule has 4 heteroatoms. The summed E-state index contributed by atoms with van der Waals surface area (Å²) in [5, 5.41) is 0. The lowest BCUT2D eigenvalue weighted by molar-refractivity contribution is -0.117. The summed E-state index contributed by atoms with van der Waals surface area (Å²) in [4.78, 5) is 13.8. The van der Waals surface area contributed by atoms with E-state index in [1.165, 1.54) is 0 Å². The fourth-order valence-electron chi connectivity index (χ4n) is 2.38. The summed E-state index contributed by atoms with van der Waals surface area (Å²) in [6.07, 6.45) is 1.47. The number of carbonyl (C=O) groups excluding carboxylic acids is 1. The van der Waals surface area contributed by atoms with Gasteiger partial charge in [0.05, 0.1) is 0 Å². The molecule has 0 saturated carbocycles. The van der Waals surface area contributed by atoms with Gasteiger partial charge in [-0.1, -0.05) is 15.9 Å². The highest BCUT2D eigenvalue weighted by molar-refractivity contribution is 9.10. The van der Waals surface area contributed by atoms with E-state index in [0.717, 1.165) is 27.7 Å². The first-order valence-corrected chi connectivity index (χ1v) is 6.62. The number of nitrogens with zero attached hydrogens (tertiary/aromatic N) is 1. The Morgan fingerprint density at radius 3 is 2.53 bits per heavy atom. The van der Waals surface area contributed by atoms with Crippen LogP contribution in [0.3, 0.4) is 0 Å². The smallest absolute Gasteiger partial charge is 0.227 e. The number of hydrogen-bond donors (Lipinski definition) is 1. The summed E-state index contributed by atoms with van der Waals surface area (Å²) in [5.41, 5.74) is 9.00. The monoisotopic (exact) mass is 296 g/mol. The maximum atomic E-state index is 11.9. The van der Waals surface area contributed by atoms with Crippen LogP contribution in [0, 0.1) is 13.8 Å². The Labute approximate surface area is 110 Å². The summed E-state index contributed by atoms with van der Waals surface area (Å²) in [6.45, 7) is 4.61. The van der Waals surface area contributed by atoms with Crippen molar-refractivity contribution in [1.82, 2.24) is 0 Å². The van der Waals surface area contributed by atoms with Gasteiger partial charge in [0.25, 0.3) is 0 Å². The minimum absolute atomic E-state index is 0.155. The lowest BCUT2D eigenvalue weighted by atomic mass is 10.1. The van der Waals surface area contributed by atoms with E-state index in [9.17, 15) is 4.79 Å². The average molecular weight is 297 g/mol. The largest absolute Gasteiger partial charge is 0.328 e. The van der Waals surface area contributed by atoms with Crippen LogP contribution in [0.4, 0.5) is 5.69 Å². The lowest BCUT2D eigenvalue weighted by Crippen LogP contribution is -2.38. The van der Waals surface area contributed by atoms with Crippen molar-refractivity contribution in [1.29, 1.82) is 0 Å². The third-order valence-corrected chi connectivity index (χ3v) is 4.55. The molecule has 1 aliphatic rings. The second-order valence-electron chi connectivity index (χ2n) is 4.59. The number of benzene rings is 1. The lowest BCUT2D eigenvalue weighted by Gasteiger charge is -2.25. The zero-order valence-electron chi connectivity index (χ0n) is 10.2. The van der Waals surface area contributed by atoms with Gasteiger partial charge in [0.2, 0.25) is 5.91 Å². The molecule has 2 rings (SSSR count). The van der Waals surface area contributed by atoms with Gasteiger partial charge in [-0.15, -0.1) is 0 Å². The molecule has 1 aliphatic heterocycles. The van der Waals surface area contributed by atoms with Crippen molar-refractivity contribution in [3.05, 3.63) is 27.7 Å². The predicted molar refractivity (Wildman–Crippen MR) is 73.2 cm³/mol. The van der Waals surface area contributed by atoms with Crippen LogP contribution in [-0.4, -0.2) is 18.5 Å². The first-order valence-electron chi connectivity index (χ1n) is 5.83. The number of anilines is 1. The van der Waals surface area contributed by atoms with Crippen LogP contribution in [0.25, 0.3) is 0 Å². The van der Waals surface area contributed by atoms with Gasteiger partial charge < -0.3 is 10.6 Å². The van der Waals surface area contributed by atoms with Crippen LogP contribution < -0.4 is 10.6 Å². The van der Waals surface area contributed by atoms with E-state index >= 15 is 0 Å². The second kappa shape index (κ2) is 4.78. The quantitative estimate of drug-likeness (QED) is 0.911. The number of halogens is 1. The molecular weight excluding hydrogens is 280 g/mol. The highest BCUT2D eigenvalue weighted by Gasteiger charge is 2.31. The molecule has 1 aromatic rings. The first kappa shape index (κ1) is 12.6. The van der Waals surface area contributed by atoms with Gasteiger partial charge in [-0.05, 0) is 43.5 Å². The number of rotatable bonds is 2. The van der Waals surface area contributed by atoms with Crippen LogP contribution in [0.15, 0.2) is 16.6 Å². The molecule has 1 aromatic carbocycles. The number of hydrogen-bond acceptors (Lipinski definition) is 2. The summed E-state index contributed by atoms with van der Waals surface area (Å²) >= 11 is 3.54. The van der Waals surface area contributed by atoms with Gasteiger partial charge in [-0.2, -0.15) is 0 Å². The molecule has 0 radical (unpaired) electrons. The second-order valence-corrected chi connectivity index (χ2v) is 5.38. The maximum Gasteiger partial charge on any atom is 0.227 e. The van der Waals surface area contributed by atoms with Crippen molar-refractivity contribution < 1.29 is 4.79 Å². The highest BCUT2D eigenvalue weighted by Crippen LogP contribution is 2.31. The van der Waals surface area contributed by atoms with E-state index in [4.69, 9.17) is 5.73 Å². The molecular formula is C13H17BrN2O. The molecule has 2 N–H and O–H groups in total. The van der Waals surface area contributed by atoms with Crippen LogP contribution in [0.2, 0.25) is 0 Å². The van der Waals surface area contributed by atoms with E-state index in [-0.39, 0.29) is 11.9 Å². The van der Waals surface area contributed by atoms with Crippen molar-refractivity contribution in [2.45, 2.75) is 32.7 Å². The Hall–Kier alpha value is -0.870. The van der Waals surface area contributed by atoms with Gasteiger partial charge >= 0.3 is 0 Å². The van der Waals surface area contributed by atoms with Crippen molar-refractivity contribution in [3.63, 3.8) is 0 Å². The minimum atomic E-state index is 0.155. The van der Waals surface area contributed by atoms with Crippen molar-refractivity contribution in [3.8, 4) is 0 Å². The van der Waals surface area contributed by atoms with E-state index in [1.54, 1.807) is 0 Å². The van der Waals surface area contributed by atoms with Crippen LogP contribution in [0.1, 0.15) is 24.0 Å². The van der Waals surface area contributed by atoms with Gasteiger partial charge in [0, 0.05) is 29.2 Å². The molecule has 3 nitrogen and oxygen atoms in total. The highest BCUT2D eigenvalue weighted by atomic mass is 79.9. The normalized spacial score (nSPS) is 20.1. The van der Waals surface area contributed by atoms with Gasteiger partial charge in [-0.25, -0.2) is 0 Å². The van der Waals surface area contributed by atoms with Crippen molar-refractivity contribution in [2.75, 3.05) is 11.4 Å². The fraction of sp³-hybridized carbons (Fsp3) is 0.462. The van der Waals surface area contributed by atoms with Crippen LogP contribution >= 0.6 is 15.9 Å². The van der Waals surface area contributed by atoms with E-state index < -0.39 is 0 Å². The molecule has 0 bridgehead atoms. The third-order valence-electron chi connectivity index (χ3n) is 3.30. The van der Waals surface area contributed by atoms with Crippen molar-refractivity contribution in [2.24, 2.45) is 5.73 Å². The Morgan fingerprint density at radius 2 is 2.00 bits per heavy atom. The summed E-state index contributed by atoms with van der Waals surface area (Å²) in [5.74, 6) is 0.182. The molecule has 0 spiro atoms. The molecule has 0 aliphatic carbocycles. The van der Waals surface area contributed by atoms with E-state index in [1.807, 2.05) is 30.9 Å². The number of carbonyl (C=O) groups is 1. The fourth-order valence-corrected chi connectivity index (χ4v) is 2.61. The zero-order valence-corrected chi connectivity index (χ0v) is 11.8. The standard InChI is InChI=1S/C13H17BrN2O/c1-8-5-11(6-9(2)13(8)14)16-10(7-15)3-4-12(16)17/h5-6,10H,3-4,7,15H2,1-2H3/t10-/m1/s1. The van der Waals surface area contributed by atoms with Crippen LogP contribution in [0.5, 0.6) is 0 Å². The topological polar surface area (TPSA) is 46.3 Å². The van der Waals surface area contributed by atoms with Gasteiger partial charge in [-0.3, -0.25) is 4.79 Å². The summed E-state index contributed by atoms with van der Waals surface area (Å²) in [6, 6.07) is 4.24. The molecule has 1 heterocycles. The first-order chi connectivity index (χ1) is 8.04. The molecule has 1 fully saturated rings. The van der Waals surface area contributed by atoms with Gasteiger partial charge in [0.1, 0.15) is 0 Å². The molecule has 0 aromatic heterocycles. The molecule has 1 saturated heterocycles. The Kier molecular flexibility index (Phi) is 3.54. The van der Waals surface area contributed by atoms with E-state index in [2.05, 4.69) is 15.9 Å². The average Bonchev–Trinajstić information content (AvgIpc) is 2.66. The zero-order chi connectivity index (χ0) is 12.6. The third kappa shape index (κ3) is 2.24. The summed E-state index contributed by atoms with van der Waals surface area (Å²) < 4.78 is 1.11. The Morgan fingerprint density at radius 1 is 1.41 bits per heavy atom. The Bertz CT molecular complexity index is 436. The minimum Gasteiger partial charge on any atom is -0.328 e. The molecule has 92 valence electrons. The van der Waals surface area contributed by atoms with Crippen molar-refractivity contribution >= 4 is 27.5 Å². The number of nitrogens with two attached hydrogens (primary N) is 1. The molecule has 1 amide bonds. The SMILES string of the molecule is Cc1cc(N2C(=O)CC[C@@H]2CN)cc(C)c1Br. The Balaban J connectivity index is 2.42.